The van der Waals surface area contributed by atoms with Crippen molar-refractivity contribution < 1.29 is 29.4 Å². The van der Waals surface area contributed by atoms with Crippen LogP contribution < -0.4 is 15.5 Å². The first-order chi connectivity index (χ1) is 18.5. The van der Waals surface area contributed by atoms with Gasteiger partial charge in [-0.3, -0.25) is 15.3 Å². The number of thioether (sulfide) groups is 1. The number of carbonyl (C=O) groups excluding carboxylic acids is 2. The first-order valence-electron chi connectivity index (χ1n) is 11.6. The SMILES string of the molecule is CSc1ccc(NC(=O)O[C@@H](c2ccc(O)c3ccccc23)[C@H](/C=C/C(=O)NO)Oc2ccccc2)cc1. The Balaban J connectivity index is 1.75. The molecule has 38 heavy (non-hydrogen) atoms. The van der Waals surface area contributed by atoms with E-state index in [0.717, 1.165) is 11.0 Å². The summed E-state index contributed by atoms with van der Waals surface area (Å²) >= 11 is 1.58. The van der Waals surface area contributed by atoms with Crippen LogP contribution in [0.5, 0.6) is 11.5 Å². The average molecular weight is 531 g/mol. The first-order valence-corrected chi connectivity index (χ1v) is 12.9. The monoisotopic (exact) mass is 530 g/mol. The minimum absolute atomic E-state index is 0.0668. The fraction of sp³-hybridized carbons (Fsp3) is 0.103. The standard InChI is InChI=1S/C29H26N2O6S/c1-38-21-13-11-19(12-14-21)30-29(34)37-28(24-15-16-25(32)23-10-6-5-9-22(23)24)26(17-18-27(33)31-35)36-20-7-3-2-4-8-20/h2-18,26,28,32,35H,1H3,(H,30,34)(H,31,33)/b18-17+/t26-,28-/m0/s1. The van der Waals surface area contributed by atoms with E-state index >= 15 is 0 Å². The molecule has 0 spiro atoms. The molecule has 4 aromatic carbocycles. The second kappa shape index (κ2) is 12.7. The smallest absolute Gasteiger partial charge is 0.412 e. The molecule has 0 saturated heterocycles. The molecule has 0 fully saturated rings. The molecule has 0 bridgehead atoms. The van der Waals surface area contributed by atoms with Gasteiger partial charge in [-0.25, -0.2) is 10.3 Å². The number of hydroxylamine groups is 1. The van der Waals surface area contributed by atoms with Crippen LogP contribution in [-0.2, 0) is 9.53 Å². The quantitative estimate of drug-likeness (QED) is 0.0898. The van der Waals surface area contributed by atoms with Crippen molar-refractivity contribution in [1.82, 2.24) is 5.48 Å². The number of amides is 2. The number of para-hydroxylation sites is 1. The highest BCUT2D eigenvalue weighted by atomic mass is 32.2. The van der Waals surface area contributed by atoms with E-state index in [1.807, 2.05) is 24.5 Å². The maximum absolute atomic E-state index is 13.1. The Hall–Kier alpha value is -4.47. The molecular weight excluding hydrogens is 504 g/mol. The fourth-order valence-corrected chi connectivity index (χ4v) is 4.29. The molecule has 194 valence electrons. The predicted molar refractivity (Wildman–Crippen MR) is 147 cm³/mol. The summed E-state index contributed by atoms with van der Waals surface area (Å²) in [7, 11) is 0. The zero-order chi connectivity index (χ0) is 26.9. The van der Waals surface area contributed by atoms with E-state index in [1.165, 1.54) is 12.1 Å². The van der Waals surface area contributed by atoms with Crippen molar-refractivity contribution in [1.29, 1.82) is 0 Å². The number of fused-ring (bicyclic) bond motifs is 1. The molecule has 0 radical (unpaired) electrons. The number of nitrogens with one attached hydrogen (secondary N) is 2. The minimum atomic E-state index is -1.06. The first kappa shape index (κ1) is 26.6. The van der Waals surface area contributed by atoms with Gasteiger partial charge in [-0.2, -0.15) is 0 Å². The summed E-state index contributed by atoms with van der Waals surface area (Å²) in [5.74, 6) is -0.243. The van der Waals surface area contributed by atoms with Gasteiger partial charge in [0.25, 0.3) is 5.91 Å². The zero-order valence-electron chi connectivity index (χ0n) is 20.4. The van der Waals surface area contributed by atoms with Crippen LogP contribution in [0.2, 0.25) is 0 Å². The van der Waals surface area contributed by atoms with Crippen molar-refractivity contribution in [3.63, 3.8) is 0 Å². The summed E-state index contributed by atoms with van der Waals surface area (Å²) in [4.78, 5) is 26.0. The van der Waals surface area contributed by atoms with Gasteiger partial charge in [0.15, 0.2) is 12.2 Å². The maximum atomic E-state index is 13.1. The van der Waals surface area contributed by atoms with Crippen LogP contribution in [0.4, 0.5) is 10.5 Å². The third-order valence-corrected chi connectivity index (χ3v) is 6.42. The molecule has 0 unspecified atom stereocenters. The van der Waals surface area contributed by atoms with Crippen molar-refractivity contribution >= 4 is 40.2 Å². The molecule has 8 nitrogen and oxygen atoms in total. The normalized spacial score (nSPS) is 12.6. The predicted octanol–water partition coefficient (Wildman–Crippen LogP) is 6.07. The van der Waals surface area contributed by atoms with E-state index in [-0.39, 0.29) is 5.75 Å². The summed E-state index contributed by atoms with van der Waals surface area (Å²) in [6.45, 7) is 0. The van der Waals surface area contributed by atoms with Gasteiger partial charge in [-0.1, -0.05) is 48.5 Å². The Morgan fingerprint density at radius 3 is 2.26 bits per heavy atom. The van der Waals surface area contributed by atoms with Crippen molar-refractivity contribution in [2.24, 2.45) is 0 Å². The van der Waals surface area contributed by atoms with E-state index in [2.05, 4.69) is 5.32 Å². The van der Waals surface area contributed by atoms with Crippen LogP contribution in [-0.4, -0.2) is 34.7 Å². The van der Waals surface area contributed by atoms with Crippen LogP contribution in [0.25, 0.3) is 10.8 Å². The number of benzene rings is 4. The van der Waals surface area contributed by atoms with Gasteiger partial charge < -0.3 is 14.6 Å². The van der Waals surface area contributed by atoms with Gasteiger partial charge in [0, 0.05) is 27.6 Å². The van der Waals surface area contributed by atoms with Crippen molar-refractivity contribution in [3.8, 4) is 11.5 Å². The molecule has 0 aliphatic carbocycles. The third kappa shape index (κ3) is 6.64. The Kier molecular flexibility index (Phi) is 8.86. The van der Waals surface area contributed by atoms with Crippen LogP contribution >= 0.6 is 11.8 Å². The molecule has 0 heterocycles. The molecule has 0 aliphatic heterocycles. The van der Waals surface area contributed by atoms with E-state index in [4.69, 9.17) is 14.7 Å². The van der Waals surface area contributed by atoms with Crippen LogP contribution in [0.15, 0.2) is 108 Å². The lowest BCUT2D eigenvalue weighted by Crippen LogP contribution is -2.30. The molecule has 9 heteroatoms. The molecule has 4 aromatic rings. The molecule has 0 aliphatic rings. The van der Waals surface area contributed by atoms with Crippen molar-refractivity contribution in [2.45, 2.75) is 17.1 Å². The number of anilines is 1. The molecule has 2 amide bonds. The van der Waals surface area contributed by atoms with Crippen LogP contribution in [0.3, 0.4) is 0 Å². The van der Waals surface area contributed by atoms with Gasteiger partial charge in [-0.05, 0) is 60.2 Å². The minimum Gasteiger partial charge on any atom is -0.507 e. The Labute approximate surface area is 223 Å². The Bertz CT molecular complexity index is 1430. The highest BCUT2D eigenvalue weighted by Crippen LogP contribution is 2.36. The molecule has 4 rings (SSSR count). The summed E-state index contributed by atoms with van der Waals surface area (Å²) in [5.41, 5.74) is 2.63. The number of hydrogen-bond acceptors (Lipinski definition) is 7. The summed E-state index contributed by atoms with van der Waals surface area (Å²) in [6, 6.07) is 26.4. The molecule has 4 N–H and O–H groups in total. The fourth-order valence-electron chi connectivity index (χ4n) is 3.88. The lowest BCUT2D eigenvalue weighted by atomic mass is 9.96. The van der Waals surface area contributed by atoms with Crippen molar-refractivity contribution in [3.05, 3.63) is 109 Å². The molecule has 2 atom stereocenters. The second-order valence-electron chi connectivity index (χ2n) is 8.13. The second-order valence-corrected chi connectivity index (χ2v) is 9.01. The average Bonchev–Trinajstić information content (AvgIpc) is 2.95. The number of hydrogen-bond donors (Lipinski definition) is 4. The topological polar surface area (TPSA) is 117 Å². The maximum Gasteiger partial charge on any atom is 0.412 e. The van der Waals surface area contributed by atoms with Gasteiger partial charge >= 0.3 is 6.09 Å². The number of aromatic hydroxyl groups is 1. The van der Waals surface area contributed by atoms with Gasteiger partial charge in [0.05, 0.1) is 0 Å². The van der Waals surface area contributed by atoms with E-state index in [1.54, 1.807) is 84.0 Å². The number of phenolic OH excluding ortho intramolecular Hbond substituents is 1. The highest BCUT2D eigenvalue weighted by Gasteiger charge is 2.30. The van der Waals surface area contributed by atoms with Crippen LogP contribution in [0, 0.1) is 0 Å². The Morgan fingerprint density at radius 1 is 0.895 bits per heavy atom. The van der Waals surface area contributed by atoms with Gasteiger partial charge in [0.1, 0.15) is 11.5 Å². The highest BCUT2D eigenvalue weighted by molar-refractivity contribution is 7.98. The largest absolute Gasteiger partial charge is 0.507 e. The summed E-state index contributed by atoms with van der Waals surface area (Å²) in [5, 5.41) is 23.3. The number of phenols is 1. The third-order valence-electron chi connectivity index (χ3n) is 5.67. The Morgan fingerprint density at radius 2 is 1.58 bits per heavy atom. The van der Waals surface area contributed by atoms with Gasteiger partial charge in [-0.15, -0.1) is 11.8 Å². The van der Waals surface area contributed by atoms with Crippen molar-refractivity contribution in [2.75, 3.05) is 11.6 Å². The zero-order valence-corrected chi connectivity index (χ0v) is 21.2. The molecular formula is C29H26N2O6S. The summed E-state index contributed by atoms with van der Waals surface area (Å²) in [6.07, 6.45) is 1.64. The number of ether oxygens (including phenoxy) is 2. The number of carbonyl (C=O) groups is 2. The lowest BCUT2D eigenvalue weighted by Gasteiger charge is -2.27. The lowest BCUT2D eigenvalue weighted by molar-refractivity contribution is -0.124. The molecule has 0 saturated carbocycles. The summed E-state index contributed by atoms with van der Waals surface area (Å²) < 4.78 is 12.1. The van der Waals surface area contributed by atoms with E-state index in [0.29, 0.717) is 27.8 Å². The number of rotatable bonds is 9. The van der Waals surface area contributed by atoms with E-state index in [9.17, 15) is 14.7 Å². The molecule has 0 aromatic heterocycles. The van der Waals surface area contributed by atoms with E-state index < -0.39 is 24.2 Å². The van der Waals surface area contributed by atoms with Gasteiger partial charge in [0.2, 0.25) is 0 Å². The van der Waals surface area contributed by atoms with Crippen LogP contribution in [0.1, 0.15) is 11.7 Å².